The van der Waals surface area contributed by atoms with Crippen LogP contribution in [0.15, 0.2) is 42.5 Å². The molecule has 0 radical (unpaired) electrons. The lowest BCUT2D eigenvalue weighted by Crippen LogP contribution is -2.16. The minimum absolute atomic E-state index is 0.629. The van der Waals surface area contributed by atoms with Crippen LogP contribution in [0, 0.1) is 11.3 Å². The van der Waals surface area contributed by atoms with Crippen LogP contribution in [0.3, 0.4) is 0 Å². The van der Waals surface area contributed by atoms with Crippen LogP contribution in [-0.2, 0) is 19.4 Å². The van der Waals surface area contributed by atoms with E-state index in [0.717, 1.165) is 54.9 Å². The predicted molar refractivity (Wildman–Crippen MR) is 104 cm³/mol. The summed E-state index contributed by atoms with van der Waals surface area (Å²) >= 11 is 6.44. The van der Waals surface area contributed by atoms with E-state index in [-0.39, 0.29) is 0 Å². The van der Waals surface area contributed by atoms with Crippen molar-refractivity contribution < 1.29 is 0 Å². The van der Waals surface area contributed by atoms with E-state index in [9.17, 15) is 5.26 Å². The van der Waals surface area contributed by atoms with Gasteiger partial charge in [0.05, 0.1) is 17.3 Å². The number of benzene rings is 2. The van der Waals surface area contributed by atoms with E-state index in [0.29, 0.717) is 10.7 Å². The average molecular weight is 362 g/mol. The van der Waals surface area contributed by atoms with Gasteiger partial charge in [-0.3, -0.25) is 0 Å². The van der Waals surface area contributed by atoms with Gasteiger partial charge in [-0.15, -0.1) is 0 Å². The third-order valence-electron chi connectivity index (χ3n) is 5.11. The van der Waals surface area contributed by atoms with E-state index >= 15 is 0 Å². The summed E-state index contributed by atoms with van der Waals surface area (Å²) in [5.41, 5.74) is 6.45. The number of aromatic nitrogens is 2. The Kier molecular flexibility index (Phi) is 4.53. The predicted octanol–water partition coefficient (Wildman–Crippen LogP) is 5.37. The summed E-state index contributed by atoms with van der Waals surface area (Å²) in [7, 11) is 0. The zero-order valence-corrected chi connectivity index (χ0v) is 15.6. The summed E-state index contributed by atoms with van der Waals surface area (Å²) in [5, 5.41) is 10.0. The number of fused-ring (bicyclic) bond motifs is 2. The third kappa shape index (κ3) is 2.91. The fourth-order valence-corrected chi connectivity index (χ4v) is 3.95. The topological polar surface area (TPSA) is 41.6 Å². The Morgan fingerprint density at radius 1 is 1.19 bits per heavy atom. The molecule has 0 saturated carbocycles. The van der Waals surface area contributed by atoms with Crippen LogP contribution < -0.4 is 0 Å². The molecule has 0 aliphatic carbocycles. The van der Waals surface area contributed by atoms with Gasteiger partial charge < -0.3 is 4.57 Å². The standard InChI is InChI=1S/C22H20ClN3/c1-2-3-8-21-25-22(23)20-12-18-11-15(9-10-17(18)14-26(20)21)19-7-5-4-6-16(19)13-24/h4-7,9-11H,2-3,8,12,14H2,1H3. The molecule has 0 unspecified atom stereocenters. The Hall–Kier alpha value is -2.57. The van der Waals surface area contributed by atoms with Gasteiger partial charge in [0.1, 0.15) is 5.82 Å². The summed E-state index contributed by atoms with van der Waals surface area (Å²) in [6.45, 7) is 3.02. The number of hydrogen-bond donors (Lipinski definition) is 0. The molecule has 3 aromatic rings. The lowest BCUT2D eigenvalue weighted by atomic mass is 9.92. The summed E-state index contributed by atoms with van der Waals surface area (Å²) in [5.74, 6) is 1.09. The van der Waals surface area contributed by atoms with Crippen LogP contribution >= 0.6 is 11.6 Å². The molecule has 26 heavy (non-hydrogen) atoms. The number of aryl methyl sites for hydroxylation is 1. The van der Waals surface area contributed by atoms with Gasteiger partial charge in [0, 0.05) is 19.4 Å². The summed E-state index contributed by atoms with van der Waals surface area (Å²) in [6.07, 6.45) is 4.04. The molecule has 0 saturated heterocycles. The third-order valence-corrected chi connectivity index (χ3v) is 5.41. The van der Waals surface area contributed by atoms with E-state index < -0.39 is 0 Å². The Morgan fingerprint density at radius 2 is 2.04 bits per heavy atom. The molecule has 0 N–H and O–H groups in total. The molecular weight excluding hydrogens is 342 g/mol. The molecule has 0 spiro atoms. The molecule has 1 aliphatic rings. The van der Waals surface area contributed by atoms with E-state index in [2.05, 4.69) is 40.7 Å². The van der Waals surface area contributed by atoms with Gasteiger partial charge >= 0.3 is 0 Å². The molecule has 2 heterocycles. The summed E-state index contributed by atoms with van der Waals surface area (Å²) in [4.78, 5) is 4.61. The molecule has 0 atom stereocenters. The van der Waals surface area contributed by atoms with Crippen molar-refractivity contribution >= 4 is 11.6 Å². The maximum Gasteiger partial charge on any atom is 0.150 e. The minimum Gasteiger partial charge on any atom is -0.326 e. The van der Waals surface area contributed by atoms with Crippen molar-refractivity contribution in [2.45, 2.75) is 39.2 Å². The molecule has 3 nitrogen and oxygen atoms in total. The van der Waals surface area contributed by atoms with E-state index in [1.54, 1.807) is 0 Å². The lowest BCUT2D eigenvalue weighted by molar-refractivity contribution is 0.642. The number of hydrogen-bond acceptors (Lipinski definition) is 2. The first-order valence-electron chi connectivity index (χ1n) is 9.06. The number of nitriles is 1. The SMILES string of the molecule is CCCCc1nc(Cl)c2n1Cc1ccc(-c3ccccc3C#N)cc1C2. The van der Waals surface area contributed by atoms with Gasteiger partial charge in [-0.05, 0) is 34.7 Å². The lowest BCUT2D eigenvalue weighted by Gasteiger charge is -2.21. The smallest absolute Gasteiger partial charge is 0.150 e. The van der Waals surface area contributed by atoms with E-state index in [4.69, 9.17) is 11.6 Å². The highest BCUT2D eigenvalue weighted by atomic mass is 35.5. The molecule has 0 fully saturated rings. The average Bonchev–Trinajstić information content (AvgIpc) is 2.99. The first kappa shape index (κ1) is 16.9. The van der Waals surface area contributed by atoms with E-state index in [1.807, 2.05) is 24.3 Å². The normalized spacial score (nSPS) is 12.3. The van der Waals surface area contributed by atoms with Gasteiger partial charge in [-0.25, -0.2) is 4.98 Å². The Labute approximate surface area is 158 Å². The summed E-state index contributed by atoms with van der Waals surface area (Å²) < 4.78 is 2.28. The number of unbranched alkanes of at least 4 members (excludes halogenated alkanes) is 1. The van der Waals surface area contributed by atoms with Crippen LogP contribution in [-0.4, -0.2) is 9.55 Å². The van der Waals surface area contributed by atoms with Crippen molar-refractivity contribution in [3.8, 4) is 17.2 Å². The first-order chi connectivity index (χ1) is 12.7. The molecule has 130 valence electrons. The van der Waals surface area contributed by atoms with Crippen molar-refractivity contribution in [3.63, 3.8) is 0 Å². The highest BCUT2D eigenvalue weighted by Gasteiger charge is 2.22. The Morgan fingerprint density at radius 3 is 2.85 bits per heavy atom. The van der Waals surface area contributed by atoms with Gasteiger partial charge in [-0.2, -0.15) is 5.26 Å². The van der Waals surface area contributed by atoms with Gasteiger partial charge in [-0.1, -0.05) is 61.3 Å². The van der Waals surface area contributed by atoms with Crippen molar-refractivity contribution in [2.24, 2.45) is 0 Å². The largest absolute Gasteiger partial charge is 0.326 e. The number of nitrogens with zero attached hydrogens (tertiary/aromatic N) is 3. The number of imidazole rings is 1. The van der Waals surface area contributed by atoms with Crippen LogP contribution in [0.25, 0.3) is 11.1 Å². The quantitative estimate of drug-likeness (QED) is 0.490. The second-order valence-corrected chi connectivity index (χ2v) is 7.13. The minimum atomic E-state index is 0.629. The van der Waals surface area contributed by atoms with Crippen LogP contribution in [0.5, 0.6) is 0 Å². The fraction of sp³-hybridized carbons (Fsp3) is 0.273. The summed E-state index contributed by atoms with van der Waals surface area (Å²) in [6, 6.07) is 16.5. The molecule has 0 bridgehead atoms. The van der Waals surface area contributed by atoms with Crippen LogP contribution in [0.2, 0.25) is 5.15 Å². The van der Waals surface area contributed by atoms with Crippen molar-refractivity contribution in [1.82, 2.24) is 9.55 Å². The van der Waals surface area contributed by atoms with Crippen molar-refractivity contribution in [3.05, 3.63) is 75.8 Å². The Bertz CT molecular complexity index is 1010. The second-order valence-electron chi connectivity index (χ2n) is 6.77. The molecular formula is C22H20ClN3. The highest BCUT2D eigenvalue weighted by molar-refractivity contribution is 6.30. The van der Waals surface area contributed by atoms with Crippen LogP contribution in [0.4, 0.5) is 0 Å². The number of rotatable bonds is 4. The Balaban J connectivity index is 1.71. The zero-order chi connectivity index (χ0) is 18.1. The molecule has 0 amide bonds. The monoisotopic (exact) mass is 361 g/mol. The maximum atomic E-state index is 9.38. The fourth-order valence-electron chi connectivity index (χ4n) is 3.68. The van der Waals surface area contributed by atoms with Gasteiger partial charge in [0.15, 0.2) is 5.15 Å². The second kappa shape index (κ2) is 6.97. The zero-order valence-electron chi connectivity index (χ0n) is 14.8. The molecule has 1 aromatic heterocycles. The van der Waals surface area contributed by atoms with Crippen molar-refractivity contribution in [1.29, 1.82) is 5.26 Å². The molecule has 4 rings (SSSR count). The van der Waals surface area contributed by atoms with Crippen LogP contribution in [0.1, 0.15) is 48.0 Å². The van der Waals surface area contributed by atoms with Gasteiger partial charge in [0.25, 0.3) is 0 Å². The van der Waals surface area contributed by atoms with E-state index in [1.165, 1.54) is 11.1 Å². The highest BCUT2D eigenvalue weighted by Crippen LogP contribution is 2.32. The van der Waals surface area contributed by atoms with Gasteiger partial charge in [0.2, 0.25) is 0 Å². The molecule has 4 heteroatoms. The maximum absolute atomic E-state index is 9.38. The molecule has 2 aromatic carbocycles. The number of halogens is 1. The first-order valence-corrected chi connectivity index (χ1v) is 9.44. The molecule has 1 aliphatic heterocycles. The van der Waals surface area contributed by atoms with Crippen molar-refractivity contribution in [2.75, 3.05) is 0 Å².